The highest BCUT2D eigenvalue weighted by Crippen LogP contribution is 2.25. The average Bonchev–Trinajstić information content (AvgIpc) is 2.93. The van der Waals surface area contributed by atoms with Crippen LogP contribution in [0, 0.1) is 19.7 Å². The smallest absolute Gasteiger partial charge is 0.187 e. The van der Waals surface area contributed by atoms with Crippen molar-refractivity contribution in [1.29, 1.82) is 0 Å². The molecule has 1 heterocycles. The Morgan fingerprint density at radius 2 is 1.86 bits per heavy atom. The summed E-state index contributed by atoms with van der Waals surface area (Å²) in [5, 5.41) is 11.8. The molecule has 1 aromatic heterocycles. The van der Waals surface area contributed by atoms with Gasteiger partial charge in [-0.05, 0) is 65.7 Å². The molecule has 0 amide bonds. The number of halogens is 1. The Bertz CT molecular complexity index is 810. The summed E-state index contributed by atoms with van der Waals surface area (Å²) >= 11 is 0. The zero-order valence-electron chi connectivity index (χ0n) is 11.7. The van der Waals surface area contributed by atoms with Crippen LogP contribution < -0.4 is 5.73 Å². The number of nitrogens with zero attached hydrogens (tertiary/aromatic N) is 4. The Kier molecular flexibility index (Phi) is 3.13. The molecule has 0 unspecified atom stereocenters. The van der Waals surface area contributed by atoms with Crippen molar-refractivity contribution < 1.29 is 4.39 Å². The Morgan fingerprint density at radius 3 is 2.62 bits per heavy atom. The van der Waals surface area contributed by atoms with E-state index >= 15 is 0 Å². The quantitative estimate of drug-likeness (QED) is 0.734. The fraction of sp³-hybridized carbons (Fsp3) is 0.133. The van der Waals surface area contributed by atoms with E-state index in [0.717, 1.165) is 11.1 Å². The van der Waals surface area contributed by atoms with Gasteiger partial charge in [-0.3, -0.25) is 0 Å². The van der Waals surface area contributed by atoms with Gasteiger partial charge in [0, 0.05) is 11.3 Å². The molecule has 21 heavy (non-hydrogen) atoms. The summed E-state index contributed by atoms with van der Waals surface area (Å²) in [5.41, 5.74) is 9.58. The Morgan fingerprint density at radius 1 is 1.05 bits per heavy atom. The van der Waals surface area contributed by atoms with E-state index in [1.165, 1.54) is 6.07 Å². The van der Waals surface area contributed by atoms with Crippen LogP contribution in [0.2, 0.25) is 0 Å². The molecule has 2 aromatic carbocycles. The van der Waals surface area contributed by atoms with E-state index in [1.807, 2.05) is 25.1 Å². The fourth-order valence-corrected chi connectivity index (χ4v) is 2.17. The van der Waals surface area contributed by atoms with Crippen LogP contribution in [-0.4, -0.2) is 20.2 Å². The van der Waals surface area contributed by atoms with E-state index in [0.29, 0.717) is 22.8 Å². The number of anilines is 1. The summed E-state index contributed by atoms with van der Waals surface area (Å²) in [7, 11) is 0. The molecule has 0 atom stereocenters. The van der Waals surface area contributed by atoms with Crippen molar-refractivity contribution in [2.24, 2.45) is 0 Å². The molecule has 0 spiro atoms. The summed E-state index contributed by atoms with van der Waals surface area (Å²) in [5.74, 6) is 0.319. The summed E-state index contributed by atoms with van der Waals surface area (Å²) in [6.07, 6.45) is 0. The lowest BCUT2D eigenvalue weighted by molar-refractivity contribution is 0.617. The van der Waals surface area contributed by atoms with Gasteiger partial charge in [0.05, 0.1) is 5.69 Å². The molecule has 3 aromatic rings. The first-order valence-corrected chi connectivity index (χ1v) is 6.47. The topological polar surface area (TPSA) is 69.6 Å². The average molecular weight is 283 g/mol. The lowest BCUT2D eigenvalue weighted by Crippen LogP contribution is -2.02. The lowest BCUT2D eigenvalue weighted by Gasteiger charge is -2.08. The van der Waals surface area contributed by atoms with Crippen LogP contribution in [0.25, 0.3) is 17.1 Å². The second-order valence-corrected chi connectivity index (χ2v) is 4.92. The van der Waals surface area contributed by atoms with Gasteiger partial charge in [0.25, 0.3) is 0 Å². The molecule has 3 rings (SSSR count). The number of nitrogen functional groups attached to an aromatic ring is 1. The molecule has 0 radical (unpaired) electrons. The third-order valence-electron chi connectivity index (χ3n) is 3.36. The third-order valence-corrected chi connectivity index (χ3v) is 3.36. The second-order valence-electron chi connectivity index (χ2n) is 4.92. The van der Waals surface area contributed by atoms with E-state index in [-0.39, 0.29) is 5.82 Å². The van der Waals surface area contributed by atoms with Crippen molar-refractivity contribution in [2.45, 2.75) is 13.8 Å². The summed E-state index contributed by atoms with van der Waals surface area (Å²) in [6.45, 7) is 3.67. The van der Waals surface area contributed by atoms with Crippen molar-refractivity contribution in [3.8, 4) is 17.1 Å². The number of aryl methyl sites for hydroxylation is 2. The molecule has 0 bridgehead atoms. The standard InChI is InChI=1S/C15H14FN5/c1-9-3-4-11(17)8-13(9)15-18-19-20-21(15)12-5-6-14(16)10(2)7-12/h3-8H,17H2,1-2H3. The highest BCUT2D eigenvalue weighted by atomic mass is 19.1. The molecule has 106 valence electrons. The maximum Gasteiger partial charge on any atom is 0.187 e. The number of benzene rings is 2. The molecule has 2 N–H and O–H groups in total. The van der Waals surface area contributed by atoms with Gasteiger partial charge in [-0.1, -0.05) is 6.07 Å². The predicted octanol–water partition coefficient (Wildman–Crippen LogP) is 2.67. The Hall–Kier alpha value is -2.76. The van der Waals surface area contributed by atoms with Crippen molar-refractivity contribution in [3.63, 3.8) is 0 Å². The van der Waals surface area contributed by atoms with Crippen molar-refractivity contribution in [1.82, 2.24) is 20.2 Å². The molecule has 0 fully saturated rings. The number of hydrogen-bond donors (Lipinski definition) is 1. The minimum atomic E-state index is -0.256. The number of rotatable bonds is 2. The zero-order valence-corrected chi connectivity index (χ0v) is 11.7. The maximum absolute atomic E-state index is 13.4. The van der Waals surface area contributed by atoms with Crippen LogP contribution in [0.5, 0.6) is 0 Å². The zero-order chi connectivity index (χ0) is 15.0. The van der Waals surface area contributed by atoms with Gasteiger partial charge in [0.15, 0.2) is 5.82 Å². The molecular weight excluding hydrogens is 269 g/mol. The number of nitrogens with two attached hydrogens (primary N) is 1. The van der Waals surface area contributed by atoms with Crippen molar-refractivity contribution in [3.05, 3.63) is 53.3 Å². The minimum absolute atomic E-state index is 0.256. The van der Waals surface area contributed by atoms with E-state index in [9.17, 15) is 4.39 Å². The van der Waals surface area contributed by atoms with Gasteiger partial charge >= 0.3 is 0 Å². The van der Waals surface area contributed by atoms with E-state index in [4.69, 9.17) is 5.73 Å². The SMILES string of the molecule is Cc1cc(-n2nnnc2-c2cc(N)ccc2C)ccc1F. The van der Waals surface area contributed by atoms with Gasteiger partial charge in [-0.15, -0.1) is 5.10 Å². The molecule has 0 aliphatic carbocycles. The molecule has 0 saturated carbocycles. The fourth-order valence-electron chi connectivity index (χ4n) is 2.17. The summed E-state index contributed by atoms with van der Waals surface area (Å²) in [6, 6.07) is 10.3. The molecular formula is C15H14FN5. The van der Waals surface area contributed by atoms with E-state index in [1.54, 1.807) is 23.7 Å². The first-order valence-electron chi connectivity index (χ1n) is 6.47. The first kappa shape index (κ1) is 13.2. The van der Waals surface area contributed by atoms with Crippen LogP contribution in [0.4, 0.5) is 10.1 Å². The van der Waals surface area contributed by atoms with Crippen LogP contribution in [0.1, 0.15) is 11.1 Å². The molecule has 6 heteroatoms. The summed E-state index contributed by atoms with van der Waals surface area (Å²) in [4.78, 5) is 0. The molecule has 5 nitrogen and oxygen atoms in total. The van der Waals surface area contributed by atoms with Gasteiger partial charge in [-0.2, -0.15) is 4.68 Å². The number of tetrazole rings is 1. The van der Waals surface area contributed by atoms with Gasteiger partial charge in [-0.25, -0.2) is 4.39 Å². The lowest BCUT2D eigenvalue weighted by atomic mass is 10.1. The van der Waals surface area contributed by atoms with Gasteiger partial charge in [0.2, 0.25) is 0 Å². The van der Waals surface area contributed by atoms with Gasteiger partial charge in [0.1, 0.15) is 5.82 Å². The monoisotopic (exact) mass is 283 g/mol. The van der Waals surface area contributed by atoms with E-state index in [2.05, 4.69) is 15.5 Å². The van der Waals surface area contributed by atoms with Crippen LogP contribution in [0.15, 0.2) is 36.4 Å². The molecule has 0 saturated heterocycles. The third kappa shape index (κ3) is 2.35. The maximum atomic E-state index is 13.4. The van der Waals surface area contributed by atoms with Crippen molar-refractivity contribution >= 4 is 5.69 Å². The van der Waals surface area contributed by atoms with Crippen LogP contribution in [-0.2, 0) is 0 Å². The normalized spacial score (nSPS) is 10.8. The molecule has 0 aliphatic heterocycles. The highest BCUT2D eigenvalue weighted by molar-refractivity contribution is 5.66. The Labute approximate surface area is 121 Å². The predicted molar refractivity (Wildman–Crippen MR) is 78.4 cm³/mol. The van der Waals surface area contributed by atoms with Crippen LogP contribution >= 0.6 is 0 Å². The van der Waals surface area contributed by atoms with Crippen LogP contribution in [0.3, 0.4) is 0 Å². The summed E-state index contributed by atoms with van der Waals surface area (Å²) < 4.78 is 15.0. The molecule has 0 aliphatic rings. The van der Waals surface area contributed by atoms with E-state index < -0.39 is 0 Å². The van der Waals surface area contributed by atoms with Gasteiger partial charge < -0.3 is 5.73 Å². The first-order chi connectivity index (χ1) is 10.1. The Balaban J connectivity index is 2.17. The number of hydrogen-bond acceptors (Lipinski definition) is 4. The largest absolute Gasteiger partial charge is 0.399 e. The number of aromatic nitrogens is 4. The van der Waals surface area contributed by atoms with Crippen molar-refractivity contribution in [2.75, 3.05) is 5.73 Å². The second kappa shape index (κ2) is 4.97. The highest BCUT2D eigenvalue weighted by Gasteiger charge is 2.14. The minimum Gasteiger partial charge on any atom is -0.399 e.